The molecular weight excluding hydrogens is 438 g/mol. The van der Waals surface area contributed by atoms with E-state index in [4.69, 9.17) is 4.74 Å². The molecule has 0 fully saturated rings. The molecule has 0 aliphatic heterocycles. The van der Waals surface area contributed by atoms with Gasteiger partial charge in [-0.1, -0.05) is 60.2 Å². The lowest BCUT2D eigenvalue weighted by atomic mass is 10.1. The molecule has 3 aromatic carbocycles. The molecule has 0 bridgehead atoms. The third kappa shape index (κ3) is 4.84. The molecule has 3 N–H and O–H groups in total. The molecule has 2 aromatic heterocycles. The van der Waals surface area contributed by atoms with Gasteiger partial charge in [0.05, 0.1) is 11.9 Å². The van der Waals surface area contributed by atoms with Crippen LogP contribution in [0.1, 0.15) is 32.9 Å². The minimum atomic E-state index is -0.379. The van der Waals surface area contributed by atoms with Gasteiger partial charge >= 0.3 is 0 Å². The standard InChI is InChI=1S/C28H25N5O2/c1-18-11-13-20(14-12-18)17-35-27-10-6-4-8-22(27)25-15-26(32-31-25)28(34)33-29-16-23-19(2)30-24-9-5-3-7-21(23)24/h3-16,30H,17H2,1-2H3,(H,31,32)(H,33,34)/b29-16-. The summed E-state index contributed by atoms with van der Waals surface area (Å²) in [5.74, 6) is 0.315. The van der Waals surface area contributed by atoms with Crippen molar-refractivity contribution in [2.75, 3.05) is 0 Å². The van der Waals surface area contributed by atoms with Gasteiger partial charge in [0, 0.05) is 27.7 Å². The average Bonchev–Trinajstić information content (AvgIpc) is 3.49. The number of H-pyrrole nitrogens is 2. The highest BCUT2D eigenvalue weighted by molar-refractivity contribution is 6.01. The quantitative estimate of drug-likeness (QED) is 0.219. The lowest BCUT2D eigenvalue weighted by molar-refractivity contribution is 0.0950. The first kappa shape index (κ1) is 22.2. The van der Waals surface area contributed by atoms with E-state index in [1.807, 2.05) is 67.6 Å². The number of carbonyl (C=O) groups is 1. The van der Waals surface area contributed by atoms with E-state index in [0.717, 1.165) is 33.3 Å². The van der Waals surface area contributed by atoms with Gasteiger partial charge < -0.3 is 9.72 Å². The van der Waals surface area contributed by atoms with E-state index in [-0.39, 0.29) is 5.91 Å². The van der Waals surface area contributed by atoms with Gasteiger partial charge in [-0.05, 0) is 43.7 Å². The smallest absolute Gasteiger partial charge is 0.289 e. The molecule has 5 aromatic rings. The number of hydrazone groups is 1. The van der Waals surface area contributed by atoms with Crippen molar-refractivity contribution in [1.82, 2.24) is 20.6 Å². The predicted molar refractivity (Wildman–Crippen MR) is 138 cm³/mol. The van der Waals surface area contributed by atoms with Crippen LogP contribution in [0, 0.1) is 13.8 Å². The Bertz CT molecular complexity index is 1510. The topological polar surface area (TPSA) is 95.2 Å². The summed E-state index contributed by atoms with van der Waals surface area (Å²) in [7, 11) is 0. The second-order valence-corrected chi connectivity index (χ2v) is 8.35. The number of nitrogens with zero attached hydrogens (tertiary/aromatic N) is 2. The van der Waals surface area contributed by atoms with E-state index in [0.29, 0.717) is 23.7 Å². The number of rotatable bonds is 7. The van der Waals surface area contributed by atoms with Gasteiger partial charge in [-0.25, -0.2) is 5.43 Å². The largest absolute Gasteiger partial charge is 0.488 e. The number of nitrogens with one attached hydrogen (secondary N) is 3. The fourth-order valence-electron chi connectivity index (χ4n) is 3.91. The number of ether oxygens (including phenoxy) is 1. The zero-order valence-electron chi connectivity index (χ0n) is 19.5. The van der Waals surface area contributed by atoms with Crippen molar-refractivity contribution in [2.24, 2.45) is 5.10 Å². The molecule has 0 atom stereocenters. The summed E-state index contributed by atoms with van der Waals surface area (Å²) in [5, 5.41) is 12.3. The SMILES string of the molecule is Cc1ccc(COc2ccccc2-c2cc(C(=O)N/N=C\c3c(C)[nH]c4ccccc34)[nH]n2)cc1. The van der Waals surface area contributed by atoms with Crippen molar-refractivity contribution in [3.8, 4) is 17.0 Å². The number of aryl methyl sites for hydroxylation is 2. The molecule has 0 unspecified atom stereocenters. The Labute approximate surface area is 202 Å². The lowest BCUT2D eigenvalue weighted by Gasteiger charge is -2.10. The molecule has 1 amide bonds. The number of para-hydroxylation sites is 2. The van der Waals surface area contributed by atoms with E-state index in [1.165, 1.54) is 5.56 Å². The summed E-state index contributed by atoms with van der Waals surface area (Å²) >= 11 is 0. The highest BCUT2D eigenvalue weighted by Gasteiger charge is 2.14. The van der Waals surface area contributed by atoms with Crippen LogP contribution in [-0.2, 0) is 6.61 Å². The van der Waals surface area contributed by atoms with E-state index in [9.17, 15) is 4.79 Å². The number of aromatic amines is 2. The molecule has 0 aliphatic rings. The maximum Gasteiger partial charge on any atom is 0.289 e. The Morgan fingerprint density at radius 1 is 1.03 bits per heavy atom. The lowest BCUT2D eigenvalue weighted by Crippen LogP contribution is -2.18. The number of fused-ring (bicyclic) bond motifs is 1. The van der Waals surface area contributed by atoms with Crippen LogP contribution in [0.2, 0.25) is 0 Å². The molecule has 0 spiro atoms. The fourth-order valence-corrected chi connectivity index (χ4v) is 3.91. The van der Waals surface area contributed by atoms with Crippen molar-refractivity contribution >= 4 is 23.0 Å². The molecule has 35 heavy (non-hydrogen) atoms. The second-order valence-electron chi connectivity index (χ2n) is 8.35. The van der Waals surface area contributed by atoms with Crippen LogP contribution >= 0.6 is 0 Å². The number of hydrogen-bond acceptors (Lipinski definition) is 4. The minimum Gasteiger partial charge on any atom is -0.488 e. The average molecular weight is 464 g/mol. The molecular formula is C28H25N5O2. The Balaban J connectivity index is 1.28. The van der Waals surface area contributed by atoms with Gasteiger partial charge in [-0.15, -0.1) is 0 Å². The van der Waals surface area contributed by atoms with Crippen molar-refractivity contribution in [2.45, 2.75) is 20.5 Å². The highest BCUT2D eigenvalue weighted by atomic mass is 16.5. The van der Waals surface area contributed by atoms with Gasteiger partial charge in [-0.2, -0.15) is 10.2 Å². The zero-order valence-corrected chi connectivity index (χ0v) is 19.5. The minimum absolute atomic E-state index is 0.307. The molecule has 0 radical (unpaired) electrons. The van der Waals surface area contributed by atoms with Crippen LogP contribution in [0.4, 0.5) is 0 Å². The van der Waals surface area contributed by atoms with Crippen molar-refractivity contribution in [1.29, 1.82) is 0 Å². The Hall–Kier alpha value is -4.65. The molecule has 174 valence electrons. The van der Waals surface area contributed by atoms with Crippen molar-refractivity contribution in [3.05, 3.63) is 107 Å². The van der Waals surface area contributed by atoms with Crippen LogP contribution < -0.4 is 10.2 Å². The van der Waals surface area contributed by atoms with Crippen LogP contribution in [0.15, 0.2) is 84.0 Å². The highest BCUT2D eigenvalue weighted by Crippen LogP contribution is 2.29. The van der Waals surface area contributed by atoms with Crippen molar-refractivity contribution < 1.29 is 9.53 Å². The number of benzene rings is 3. The first-order valence-electron chi connectivity index (χ1n) is 11.3. The maximum atomic E-state index is 12.7. The van der Waals surface area contributed by atoms with Crippen LogP contribution in [-0.4, -0.2) is 27.3 Å². The molecule has 0 saturated heterocycles. The number of amides is 1. The molecule has 2 heterocycles. The molecule has 5 rings (SSSR count). The molecule has 0 aliphatic carbocycles. The molecule has 0 saturated carbocycles. The van der Waals surface area contributed by atoms with Crippen LogP contribution in [0.5, 0.6) is 5.75 Å². The van der Waals surface area contributed by atoms with Gasteiger partial charge in [0.1, 0.15) is 18.1 Å². The first-order chi connectivity index (χ1) is 17.1. The van der Waals surface area contributed by atoms with Gasteiger partial charge in [0.2, 0.25) is 0 Å². The fraction of sp³-hybridized carbons (Fsp3) is 0.107. The Morgan fingerprint density at radius 3 is 2.66 bits per heavy atom. The summed E-state index contributed by atoms with van der Waals surface area (Å²) in [4.78, 5) is 16.0. The Kier molecular flexibility index (Phi) is 6.13. The number of hydrogen-bond donors (Lipinski definition) is 3. The third-order valence-electron chi connectivity index (χ3n) is 5.80. The maximum absolute atomic E-state index is 12.7. The first-order valence-corrected chi connectivity index (χ1v) is 11.3. The third-order valence-corrected chi connectivity index (χ3v) is 5.80. The monoisotopic (exact) mass is 463 g/mol. The second kappa shape index (κ2) is 9.69. The normalized spacial score (nSPS) is 11.3. The van der Waals surface area contributed by atoms with E-state index in [2.05, 4.69) is 44.8 Å². The van der Waals surface area contributed by atoms with Crippen LogP contribution in [0.25, 0.3) is 22.2 Å². The van der Waals surface area contributed by atoms with Gasteiger partial charge in [-0.3, -0.25) is 9.89 Å². The van der Waals surface area contributed by atoms with Crippen molar-refractivity contribution in [3.63, 3.8) is 0 Å². The van der Waals surface area contributed by atoms with E-state index < -0.39 is 0 Å². The summed E-state index contributed by atoms with van der Waals surface area (Å²) in [6, 6.07) is 25.5. The summed E-state index contributed by atoms with van der Waals surface area (Å²) in [5.41, 5.74) is 9.53. The summed E-state index contributed by atoms with van der Waals surface area (Å²) < 4.78 is 6.06. The summed E-state index contributed by atoms with van der Waals surface area (Å²) in [6.45, 7) is 4.47. The van der Waals surface area contributed by atoms with Gasteiger partial charge in [0.15, 0.2) is 0 Å². The predicted octanol–water partition coefficient (Wildman–Crippen LogP) is 5.52. The summed E-state index contributed by atoms with van der Waals surface area (Å²) in [6.07, 6.45) is 1.65. The van der Waals surface area contributed by atoms with Crippen LogP contribution in [0.3, 0.4) is 0 Å². The van der Waals surface area contributed by atoms with E-state index >= 15 is 0 Å². The van der Waals surface area contributed by atoms with Gasteiger partial charge in [0.25, 0.3) is 5.91 Å². The molecule has 7 nitrogen and oxygen atoms in total. The number of aromatic nitrogens is 3. The number of carbonyl (C=O) groups excluding carboxylic acids is 1. The van der Waals surface area contributed by atoms with E-state index in [1.54, 1.807) is 12.3 Å². The zero-order chi connectivity index (χ0) is 24.2. The molecule has 7 heteroatoms. The Morgan fingerprint density at radius 2 is 1.80 bits per heavy atom.